The van der Waals surface area contributed by atoms with Gasteiger partial charge in [-0.25, -0.2) is 0 Å². The molecule has 1 saturated heterocycles. The van der Waals surface area contributed by atoms with Gasteiger partial charge in [0.1, 0.15) is 11.8 Å². The minimum atomic E-state index is -0.763. The molecule has 0 bridgehead atoms. The van der Waals surface area contributed by atoms with Crippen molar-refractivity contribution < 1.29 is 23.9 Å². The third kappa shape index (κ3) is 3.38. The monoisotopic (exact) mass is 327 g/mol. The van der Waals surface area contributed by atoms with Crippen molar-refractivity contribution in [2.24, 2.45) is 0 Å². The summed E-state index contributed by atoms with van der Waals surface area (Å²) in [6.45, 7) is 4.95. The van der Waals surface area contributed by atoms with Crippen molar-refractivity contribution in [2.45, 2.75) is 38.6 Å². The van der Waals surface area contributed by atoms with Crippen molar-refractivity contribution in [3.05, 3.63) is 29.8 Å². The minimum absolute atomic E-state index is 0.125. The van der Waals surface area contributed by atoms with E-state index in [0.717, 1.165) is 17.6 Å². The van der Waals surface area contributed by atoms with E-state index in [4.69, 9.17) is 14.0 Å². The Morgan fingerprint density at radius 1 is 1.41 bits per heavy atom. The molecule has 2 rings (SSSR count). The van der Waals surface area contributed by atoms with Gasteiger partial charge in [-0.3, -0.25) is 4.79 Å². The molecule has 0 spiro atoms. The van der Waals surface area contributed by atoms with E-state index in [-0.39, 0.29) is 18.6 Å². The van der Waals surface area contributed by atoms with Crippen LogP contribution in [0.3, 0.4) is 0 Å². The largest absolute Gasteiger partial charge is 0.394 e. The number of carbonyl (C=O) groups excluding carboxylic acids is 1. The van der Waals surface area contributed by atoms with Crippen molar-refractivity contribution in [1.29, 1.82) is 0 Å². The Morgan fingerprint density at radius 3 is 2.55 bits per heavy atom. The number of amides is 1. The third-order valence-corrected chi connectivity index (χ3v) is 3.81. The number of aliphatic hydroxyl groups is 1. The molecule has 6 nitrogen and oxygen atoms in total. The van der Waals surface area contributed by atoms with Crippen LogP contribution in [0.1, 0.15) is 32.4 Å². The van der Waals surface area contributed by atoms with Gasteiger partial charge in [-0.1, -0.05) is 12.1 Å². The number of hydrogen-bond donors (Lipinski definition) is 1. The van der Waals surface area contributed by atoms with Crippen molar-refractivity contribution >= 4 is 17.9 Å². The predicted molar refractivity (Wildman–Crippen MR) is 83.0 cm³/mol. The van der Waals surface area contributed by atoms with Crippen molar-refractivity contribution in [3.63, 3.8) is 0 Å². The Morgan fingerprint density at radius 2 is 2.05 bits per heavy atom. The summed E-state index contributed by atoms with van der Waals surface area (Å²) >= 11 is 1.11. The van der Waals surface area contributed by atoms with E-state index in [1.807, 2.05) is 26.0 Å². The first-order valence-electron chi connectivity index (χ1n) is 6.96. The third-order valence-electron chi connectivity index (χ3n) is 3.61. The summed E-state index contributed by atoms with van der Waals surface area (Å²) in [5.74, 6) is 0.444. The second-order valence-corrected chi connectivity index (χ2v) is 5.98. The molecular formula is C15H21NO5S. The van der Waals surface area contributed by atoms with Gasteiger partial charge >= 0.3 is 0 Å². The first-order valence-corrected chi connectivity index (χ1v) is 8.11. The number of nitrogens with zero attached hydrogens (tertiary/aromatic N) is 1. The summed E-state index contributed by atoms with van der Waals surface area (Å²) in [4.78, 5) is 18.5. The van der Waals surface area contributed by atoms with Gasteiger partial charge in [0.15, 0.2) is 5.75 Å². The van der Waals surface area contributed by atoms with Crippen LogP contribution in [-0.2, 0) is 13.9 Å². The van der Waals surface area contributed by atoms with Gasteiger partial charge in [-0.05, 0) is 31.5 Å². The van der Waals surface area contributed by atoms with E-state index in [2.05, 4.69) is 0 Å². The van der Waals surface area contributed by atoms with Crippen molar-refractivity contribution in [2.75, 3.05) is 12.9 Å². The fourth-order valence-electron chi connectivity index (χ4n) is 2.85. The number of ether oxygens (including phenoxy) is 1. The zero-order valence-electron chi connectivity index (χ0n) is 13.1. The minimum Gasteiger partial charge on any atom is -0.394 e. The molecule has 0 radical (unpaired) electrons. The summed E-state index contributed by atoms with van der Waals surface area (Å²) in [5, 5.41) is 9.70. The average molecular weight is 327 g/mol. The lowest BCUT2D eigenvalue weighted by molar-refractivity contribution is -0.145. The molecule has 0 unspecified atom stereocenters. The van der Waals surface area contributed by atoms with Crippen molar-refractivity contribution in [3.8, 4) is 5.75 Å². The molecule has 1 N–H and O–H groups in total. The Bertz CT molecular complexity index is 519. The van der Waals surface area contributed by atoms with E-state index < -0.39 is 11.8 Å². The maximum Gasteiger partial charge on any atom is 0.222 e. The summed E-state index contributed by atoms with van der Waals surface area (Å²) in [6.07, 6.45) is 1.37. The molecule has 0 aromatic heterocycles. The topological polar surface area (TPSA) is 68.2 Å². The lowest BCUT2D eigenvalue weighted by Gasteiger charge is -2.31. The molecule has 0 saturated carbocycles. The zero-order chi connectivity index (χ0) is 16.3. The summed E-state index contributed by atoms with van der Waals surface area (Å²) < 4.78 is 10.8. The molecule has 1 aliphatic rings. The molecule has 122 valence electrons. The van der Waals surface area contributed by atoms with Gasteiger partial charge in [-0.15, -0.1) is 4.33 Å². The molecule has 1 heterocycles. The molecule has 7 heteroatoms. The van der Waals surface area contributed by atoms with Gasteiger partial charge < -0.3 is 19.6 Å². The quantitative estimate of drug-likeness (QED) is 0.508. The number of hydrogen-bond acceptors (Lipinski definition) is 6. The van der Waals surface area contributed by atoms with E-state index in [9.17, 15) is 9.90 Å². The van der Waals surface area contributed by atoms with Crippen LogP contribution in [0.2, 0.25) is 0 Å². The molecule has 0 aliphatic carbocycles. The molecule has 1 aromatic rings. The molecule has 2 atom stereocenters. The number of rotatable bonds is 5. The van der Waals surface area contributed by atoms with Crippen LogP contribution in [0.25, 0.3) is 0 Å². The van der Waals surface area contributed by atoms with Gasteiger partial charge in [0.2, 0.25) is 5.91 Å². The predicted octanol–water partition coefficient (Wildman–Crippen LogP) is 2.29. The maximum atomic E-state index is 11.9. The molecule has 1 aromatic carbocycles. The van der Waals surface area contributed by atoms with Crippen molar-refractivity contribution in [1.82, 2.24) is 4.90 Å². The molecular weight excluding hydrogens is 306 g/mol. The van der Waals surface area contributed by atoms with Crippen LogP contribution >= 0.6 is 12.0 Å². The van der Waals surface area contributed by atoms with E-state index >= 15 is 0 Å². The lowest BCUT2D eigenvalue weighted by atomic mass is 10.0. The Balaban J connectivity index is 2.22. The SMILES string of the molecule is CSOOc1ccc([C@H]2OC(C)(C)N(C(C)=O)[C@@H]2CO)cc1. The van der Waals surface area contributed by atoms with Gasteiger partial charge in [0.05, 0.1) is 12.6 Å². The number of benzene rings is 1. The summed E-state index contributed by atoms with van der Waals surface area (Å²) in [6, 6.07) is 6.78. The average Bonchev–Trinajstić information content (AvgIpc) is 2.76. The molecule has 1 fully saturated rings. The number of carbonyl (C=O) groups is 1. The van der Waals surface area contributed by atoms with Crippen LogP contribution in [0.5, 0.6) is 5.75 Å². The molecule has 1 aliphatic heterocycles. The lowest BCUT2D eigenvalue weighted by Crippen LogP contribution is -2.48. The van der Waals surface area contributed by atoms with Crippen LogP contribution in [-0.4, -0.2) is 40.5 Å². The number of aliphatic hydroxyl groups excluding tert-OH is 1. The van der Waals surface area contributed by atoms with Gasteiger partial charge in [0, 0.05) is 25.2 Å². The highest BCUT2D eigenvalue weighted by atomic mass is 32.2. The van der Waals surface area contributed by atoms with Crippen LogP contribution in [0, 0.1) is 0 Å². The fraction of sp³-hybridized carbons (Fsp3) is 0.533. The highest BCUT2D eigenvalue weighted by Gasteiger charge is 2.48. The van der Waals surface area contributed by atoms with Gasteiger partial charge in [0.25, 0.3) is 0 Å². The highest BCUT2D eigenvalue weighted by Crippen LogP contribution is 2.41. The van der Waals surface area contributed by atoms with E-state index in [1.54, 1.807) is 23.3 Å². The fourth-order valence-corrected chi connectivity index (χ4v) is 2.99. The zero-order valence-corrected chi connectivity index (χ0v) is 13.9. The Kier molecular flexibility index (Phi) is 5.33. The normalized spacial score (nSPS) is 23.6. The first-order chi connectivity index (χ1) is 10.4. The highest BCUT2D eigenvalue weighted by molar-refractivity contribution is 7.93. The smallest absolute Gasteiger partial charge is 0.222 e. The Labute approximate surface area is 134 Å². The summed E-state index contributed by atoms with van der Waals surface area (Å²) in [5.41, 5.74) is 0.105. The standard InChI is InChI=1S/C15H21NO5S/c1-10(18)16-13(9-17)14(19-15(16,2)3)11-5-7-12(8-6-11)20-21-22-4/h5-8,13-14,17H,9H2,1-4H3/t13-,14-/m1/s1. The van der Waals surface area contributed by atoms with E-state index in [0.29, 0.717) is 5.75 Å². The second-order valence-electron chi connectivity index (χ2n) is 5.51. The molecule has 22 heavy (non-hydrogen) atoms. The van der Waals surface area contributed by atoms with Crippen LogP contribution < -0.4 is 4.89 Å². The second kappa shape index (κ2) is 6.87. The maximum absolute atomic E-state index is 11.9. The van der Waals surface area contributed by atoms with Gasteiger partial charge in [-0.2, -0.15) is 0 Å². The first kappa shape index (κ1) is 17.1. The van der Waals surface area contributed by atoms with E-state index in [1.165, 1.54) is 6.92 Å². The van der Waals surface area contributed by atoms with Crippen LogP contribution in [0.15, 0.2) is 24.3 Å². The van der Waals surface area contributed by atoms with Crippen LogP contribution in [0.4, 0.5) is 0 Å². The summed E-state index contributed by atoms with van der Waals surface area (Å²) in [7, 11) is 0. The Hall–Kier alpha value is -1.28. The molecule has 1 amide bonds.